The van der Waals surface area contributed by atoms with Crippen LogP contribution in [0.5, 0.6) is 0 Å². The Morgan fingerprint density at radius 3 is 2.88 bits per heavy atom. The summed E-state index contributed by atoms with van der Waals surface area (Å²) in [6, 6.07) is 10.3. The summed E-state index contributed by atoms with van der Waals surface area (Å²) in [5.74, 6) is -0.338. The van der Waals surface area contributed by atoms with E-state index in [-0.39, 0.29) is 11.5 Å². The number of nitrogens with one attached hydrogen (secondary N) is 1. The van der Waals surface area contributed by atoms with Gasteiger partial charge in [-0.05, 0) is 56.5 Å². The van der Waals surface area contributed by atoms with Gasteiger partial charge in [-0.25, -0.2) is 0 Å². The topological polar surface area (TPSA) is 70.7 Å². The van der Waals surface area contributed by atoms with Crippen LogP contribution in [0.4, 0.5) is 0 Å². The largest absolute Gasteiger partial charge is 0.351 e. The van der Waals surface area contributed by atoms with Crippen LogP contribution in [0.3, 0.4) is 0 Å². The van der Waals surface area contributed by atoms with E-state index in [2.05, 4.69) is 21.8 Å². The number of hydrogen-bond acceptors (Lipinski definition) is 3. The molecule has 0 radical (unpaired) electrons. The van der Waals surface area contributed by atoms with E-state index in [1.165, 1.54) is 18.5 Å². The summed E-state index contributed by atoms with van der Waals surface area (Å²) in [7, 11) is 0. The first-order chi connectivity index (χ1) is 12.1. The van der Waals surface area contributed by atoms with Crippen molar-refractivity contribution in [2.75, 3.05) is 6.54 Å². The van der Waals surface area contributed by atoms with Crippen molar-refractivity contribution < 1.29 is 4.79 Å². The molecule has 1 fully saturated rings. The zero-order chi connectivity index (χ0) is 17.8. The van der Waals surface area contributed by atoms with Gasteiger partial charge in [-0.2, -0.15) is 5.26 Å². The Balaban J connectivity index is 1.67. The fourth-order valence-electron chi connectivity index (χ4n) is 3.09. The van der Waals surface area contributed by atoms with E-state index in [9.17, 15) is 10.1 Å². The highest BCUT2D eigenvalue weighted by Crippen LogP contribution is 2.38. The van der Waals surface area contributed by atoms with Gasteiger partial charge in [0.15, 0.2) is 0 Å². The van der Waals surface area contributed by atoms with Crippen LogP contribution in [0, 0.1) is 25.2 Å². The molecule has 128 valence electrons. The first-order valence-corrected chi connectivity index (χ1v) is 8.58. The number of hydrogen-bond donors (Lipinski definition) is 1. The third kappa shape index (κ3) is 3.97. The Morgan fingerprint density at radius 1 is 1.44 bits per heavy atom. The molecule has 3 rings (SSSR count). The van der Waals surface area contributed by atoms with Crippen LogP contribution in [-0.2, 0) is 11.2 Å². The fourth-order valence-corrected chi connectivity index (χ4v) is 3.09. The summed E-state index contributed by atoms with van der Waals surface area (Å²) in [4.78, 5) is 16.5. The molecular weight excluding hydrogens is 312 g/mol. The molecule has 0 atom stereocenters. The van der Waals surface area contributed by atoms with Gasteiger partial charge < -0.3 is 9.88 Å². The van der Waals surface area contributed by atoms with Crippen LogP contribution in [0.2, 0.25) is 0 Å². The van der Waals surface area contributed by atoms with Gasteiger partial charge in [-0.15, -0.1) is 0 Å². The van der Waals surface area contributed by atoms with Gasteiger partial charge in [0.05, 0.1) is 0 Å². The molecule has 2 heterocycles. The van der Waals surface area contributed by atoms with Crippen molar-refractivity contribution in [1.29, 1.82) is 5.26 Å². The van der Waals surface area contributed by atoms with Crippen LogP contribution in [0.25, 0.3) is 6.08 Å². The van der Waals surface area contributed by atoms with Crippen molar-refractivity contribution in [3.63, 3.8) is 0 Å². The molecule has 1 saturated carbocycles. The van der Waals surface area contributed by atoms with Crippen molar-refractivity contribution in [2.45, 2.75) is 39.2 Å². The van der Waals surface area contributed by atoms with E-state index >= 15 is 0 Å². The van der Waals surface area contributed by atoms with E-state index in [0.29, 0.717) is 19.0 Å². The Hall–Kier alpha value is -2.87. The summed E-state index contributed by atoms with van der Waals surface area (Å²) in [5.41, 5.74) is 4.30. The number of pyridine rings is 1. The molecule has 25 heavy (non-hydrogen) atoms. The van der Waals surface area contributed by atoms with Crippen LogP contribution >= 0.6 is 0 Å². The zero-order valence-electron chi connectivity index (χ0n) is 14.6. The maximum absolute atomic E-state index is 12.3. The Morgan fingerprint density at radius 2 is 2.24 bits per heavy atom. The standard InChI is InChI=1S/C20H22N4O/c1-14-11-16(15(2)24(14)19-6-7-19)12-17(13-21)20(25)23-10-8-18-5-3-4-9-22-18/h3-5,9,11-12,19H,6-8,10H2,1-2H3,(H,23,25)/b17-12-. The Labute approximate surface area is 148 Å². The number of nitrogens with zero attached hydrogens (tertiary/aromatic N) is 3. The first kappa shape index (κ1) is 17.0. The third-order valence-corrected chi connectivity index (χ3v) is 4.49. The van der Waals surface area contributed by atoms with Crippen molar-refractivity contribution in [1.82, 2.24) is 14.9 Å². The SMILES string of the molecule is Cc1cc(/C=C(/C#N)C(=O)NCCc2ccccn2)c(C)n1C1CC1. The molecule has 1 amide bonds. The summed E-state index contributed by atoms with van der Waals surface area (Å²) in [6.45, 7) is 4.57. The molecule has 0 unspecified atom stereocenters. The predicted octanol–water partition coefficient (Wildman–Crippen LogP) is 3.10. The second kappa shape index (κ2) is 7.35. The summed E-state index contributed by atoms with van der Waals surface area (Å²) in [5, 5.41) is 12.2. The predicted molar refractivity (Wildman–Crippen MR) is 96.7 cm³/mol. The summed E-state index contributed by atoms with van der Waals surface area (Å²) >= 11 is 0. The molecule has 0 aliphatic heterocycles. The number of rotatable bonds is 6. The molecule has 1 N–H and O–H groups in total. The van der Waals surface area contributed by atoms with Crippen molar-refractivity contribution >= 4 is 12.0 Å². The second-order valence-electron chi connectivity index (χ2n) is 6.42. The fraction of sp³-hybridized carbons (Fsp3) is 0.350. The smallest absolute Gasteiger partial charge is 0.261 e. The van der Waals surface area contributed by atoms with Crippen LogP contribution in [0.15, 0.2) is 36.0 Å². The highest BCUT2D eigenvalue weighted by molar-refractivity contribution is 6.01. The number of carbonyl (C=O) groups is 1. The molecule has 5 nitrogen and oxygen atoms in total. The molecule has 2 aromatic rings. The number of aryl methyl sites for hydroxylation is 1. The van der Waals surface area contributed by atoms with E-state index in [0.717, 1.165) is 17.0 Å². The van der Waals surface area contributed by atoms with Gasteiger partial charge in [0.2, 0.25) is 0 Å². The second-order valence-corrected chi connectivity index (χ2v) is 6.42. The lowest BCUT2D eigenvalue weighted by atomic mass is 10.1. The minimum atomic E-state index is -0.338. The lowest BCUT2D eigenvalue weighted by molar-refractivity contribution is -0.117. The first-order valence-electron chi connectivity index (χ1n) is 8.58. The molecule has 0 saturated heterocycles. The minimum absolute atomic E-state index is 0.136. The van der Waals surface area contributed by atoms with Crippen LogP contribution < -0.4 is 5.32 Å². The Kier molecular flexibility index (Phi) is 4.99. The van der Waals surface area contributed by atoms with Crippen molar-refractivity contribution in [3.05, 3.63) is 58.7 Å². The van der Waals surface area contributed by atoms with Crippen LogP contribution in [0.1, 0.15) is 41.5 Å². The maximum Gasteiger partial charge on any atom is 0.261 e. The summed E-state index contributed by atoms with van der Waals surface area (Å²) < 4.78 is 2.31. The quantitative estimate of drug-likeness (QED) is 0.652. The molecule has 0 spiro atoms. The maximum atomic E-state index is 12.3. The van der Waals surface area contributed by atoms with Crippen molar-refractivity contribution in [2.24, 2.45) is 0 Å². The molecule has 1 aliphatic rings. The lowest BCUT2D eigenvalue weighted by Gasteiger charge is -2.07. The highest BCUT2D eigenvalue weighted by Gasteiger charge is 2.26. The van der Waals surface area contributed by atoms with Gasteiger partial charge in [0, 0.05) is 42.3 Å². The van der Waals surface area contributed by atoms with Gasteiger partial charge in [0.25, 0.3) is 5.91 Å². The minimum Gasteiger partial charge on any atom is -0.351 e. The van der Waals surface area contributed by atoms with Crippen molar-refractivity contribution in [3.8, 4) is 6.07 Å². The lowest BCUT2D eigenvalue weighted by Crippen LogP contribution is -2.26. The van der Waals surface area contributed by atoms with E-state index < -0.39 is 0 Å². The van der Waals surface area contributed by atoms with E-state index in [1.54, 1.807) is 12.3 Å². The third-order valence-electron chi connectivity index (χ3n) is 4.49. The van der Waals surface area contributed by atoms with Gasteiger partial charge in [-0.3, -0.25) is 9.78 Å². The van der Waals surface area contributed by atoms with E-state index in [1.807, 2.05) is 37.3 Å². The average Bonchev–Trinajstić information content (AvgIpc) is 3.40. The molecule has 0 bridgehead atoms. The van der Waals surface area contributed by atoms with Gasteiger partial charge in [-0.1, -0.05) is 6.07 Å². The normalized spacial score (nSPS) is 14.2. The summed E-state index contributed by atoms with van der Waals surface area (Å²) in [6.07, 6.45) is 6.48. The van der Waals surface area contributed by atoms with E-state index in [4.69, 9.17) is 0 Å². The monoisotopic (exact) mass is 334 g/mol. The molecular formula is C20H22N4O. The molecule has 2 aromatic heterocycles. The number of nitriles is 1. The molecule has 1 aliphatic carbocycles. The number of aromatic nitrogens is 2. The van der Waals surface area contributed by atoms with Crippen LogP contribution in [-0.4, -0.2) is 22.0 Å². The molecule has 5 heteroatoms. The Bertz CT molecular complexity index is 839. The number of carbonyl (C=O) groups excluding carboxylic acids is 1. The zero-order valence-corrected chi connectivity index (χ0v) is 14.6. The van der Waals surface area contributed by atoms with Gasteiger partial charge >= 0.3 is 0 Å². The average molecular weight is 334 g/mol. The molecule has 0 aromatic carbocycles. The number of amides is 1. The highest BCUT2D eigenvalue weighted by atomic mass is 16.1. The van der Waals surface area contributed by atoms with Gasteiger partial charge in [0.1, 0.15) is 11.6 Å².